The van der Waals surface area contributed by atoms with Crippen LogP contribution in [0.1, 0.15) is 37.4 Å². The second-order valence-electron chi connectivity index (χ2n) is 10.4. The summed E-state index contributed by atoms with van der Waals surface area (Å²) in [7, 11) is 3.93. The third kappa shape index (κ3) is 6.86. The summed E-state index contributed by atoms with van der Waals surface area (Å²) in [5, 5.41) is 11.5. The van der Waals surface area contributed by atoms with Crippen molar-refractivity contribution in [3.63, 3.8) is 0 Å². The maximum Gasteiger partial charge on any atom is 0.295 e. The van der Waals surface area contributed by atoms with E-state index >= 15 is 0 Å². The number of carbonyl (C=O) groups is 2. The summed E-state index contributed by atoms with van der Waals surface area (Å²) < 4.78 is 11.9. The molecule has 0 saturated carbocycles. The van der Waals surface area contributed by atoms with Gasteiger partial charge in [0, 0.05) is 12.1 Å². The van der Waals surface area contributed by atoms with E-state index in [0.29, 0.717) is 53.9 Å². The molecule has 1 unspecified atom stereocenters. The van der Waals surface area contributed by atoms with Crippen molar-refractivity contribution in [1.82, 2.24) is 9.80 Å². The van der Waals surface area contributed by atoms with E-state index < -0.39 is 17.7 Å². The normalized spacial score (nSPS) is 16.8. The number of likely N-dealkylation sites (tertiary alicyclic amines) is 1. The van der Waals surface area contributed by atoms with Crippen LogP contribution >= 0.6 is 0 Å². The Balaban J connectivity index is 1.75. The van der Waals surface area contributed by atoms with E-state index in [1.54, 1.807) is 29.2 Å². The summed E-state index contributed by atoms with van der Waals surface area (Å²) >= 11 is 0. The van der Waals surface area contributed by atoms with Crippen molar-refractivity contribution in [3.8, 4) is 17.2 Å². The number of nitrogens with zero attached hydrogens (tertiary/aromatic N) is 2. The number of aliphatic hydroxyl groups is 1. The van der Waals surface area contributed by atoms with Crippen LogP contribution in [0.3, 0.4) is 0 Å². The average Bonchev–Trinajstić information content (AvgIpc) is 3.17. The molecule has 1 heterocycles. The molecular formula is C32H36N2O5. The Kier molecular flexibility index (Phi) is 9.04. The maximum absolute atomic E-state index is 13.4. The summed E-state index contributed by atoms with van der Waals surface area (Å²) in [5.74, 6) is 0.613. The quantitative estimate of drug-likeness (QED) is 0.190. The molecule has 3 aromatic rings. The monoisotopic (exact) mass is 528 g/mol. The molecule has 1 amide bonds. The SMILES string of the molecule is CC(C)COc1cccc(/C(O)=C2/C(=O)C(=O)N(CCCN(C)C)C2c2cccc(Oc3ccccc3)c2)c1. The Morgan fingerprint density at radius 1 is 0.923 bits per heavy atom. The molecule has 0 bridgehead atoms. The lowest BCUT2D eigenvalue weighted by Crippen LogP contribution is -2.32. The molecule has 7 nitrogen and oxygen atoms in total. The van der Waals surface area contributed by atoms with E-state index in [9.17, 15) is 14.7 Å². The molecule has 1 aliphatic rings. The van der Waals surface area contributed by atoms with Gasteiger partial charge in [0.15, 0.2) is 0 Å². The van der Waals surface area contributed by atoms with Crippen molar-refractivity contribution in [2.24, 2.45) is 5.92 Å². The number of aliphatic hydroxyl groups excluding tert-OH is 1. The van der Waals surface area contributed by atoms with E-state index in [4.69, 9.17) is 9.47 Å². The molecular weight excluding hydrogens is 492 g/mol. The van der Waals surface area contributed by atoms with Crippen molar-refractivity contribution >= 4 is 17.4 Å². The first kappa shape index (κ1) is 27.9. The van der Waals surface area contributed by atoms with Gasteiger partial charge >= 0.3 is 0 Å². The van der Waals surface area contributed by atoms with Crippen LogP contribution in [0, 0.1) is 5.92 Å². The van der Waals surface area contributed by atoms with E-state index in [0.717, 1.165) is 6.54 Å². The van der Waals surface area contributed by atoms with Gasteiger partial charge in [-0.25, -0.2) is 0 Å². The molecule has 0 aromatic heterocycles. The summed E-state index contributed by atoms with van der Waals surface area (Å²) in [6.45, 7) is 5.75. The van der Waals surface area contributed by atoms with Gasteiger partial charge in [0.25, 0.3) is 11.7 Å². The third-order valence-electron chi connectivity index (χ3n) is 6.39. The second kappa shape index (κ2) is 12.6. The second-order valence-corrected chi connectivity index (χ2v) is 10.4. The molecule has 1 fully saturated rings. The third-order valence-corrected chi connectivity index (χ3v) is 6.39. The van der Waals surface area contributed by atoms with Gasteiger partial charge in [-0.1, -0.05) is 56.3 Å². The van der Waals surface area contributed by atoms with Gasteiger partial charge in [-0.05, 0) is 74.9 Å². The van der Waals surface area contributed by atoms with Crippen LogP contribution in [0.25, 0.3) is 5.76 Å². The minimum absolute atomic E-state index is 0.0581. The zero-order chi connectivity index (χ0) is 27.9. The Labute approximate surface area is 230 Å². The van der Waals surface area contributed by atoms with Crippen molar-refractivity contribution in [1.29, 1.82) is 0 Å². The van der Waals surface area contributed by atoms with Crippen LogP contribution in [-0.2, 0) is 9.59 Å². The first-order valence-electron chi connectivity index (χ1n) is 13.2. The van der Waals surface area contributed by atoms with Crippen LogP contribution < -0.4 is 9.47 Å². The number of para-hydroxylation sites is 1. The number of Topliss-reactive ketones (excluding diaryl/α,β-unsaturated/α-hetero) is 1. The van der Waals surface area contributed by atoms with Crippen molar-refractivity contribution in [2.45, 2.75) is 26.3 Å². The van der Waals surface area contributed by atoms with Crippen LogP contribution in [0.4, 0.5) is 0 Å². The van der Waals surface area contributed by atoms with Crippen molar-refractivity contribution in [3.05, 3.63) is 95.6 Å². The van der Waals surface area contributed by atoms with Gasteiger partial charge in [-0.15, -0.1) is 0 Å². The highest BCUT2D eigenvalue weighted by molar-refractivity contribution is 6.46. The lowest BCUT2D eigenvalue weighted by molar-refractivity contribution is -0.139. The molecule has 1 saturated heterocycles. The van der Waals surface area contributed by atoms with E-state index in [1.807, 2.05) is 73.6 Å². The average molecular weight is 529 g/mol. The summed E-state index contributed by atoms with van der Waals surface area (Å²) in [5.41, 5.74) is 1.16. The zero-order valence-electron chi connectivity index (χ0n) is 23.0. The standard InChI is InChI=1S/C32H36N2O5/c1-22(2)21-38-26-15-9-12-24(20-26)30(35)28-29(34(32(37)31(28)36)18-10-17-33(3)4)23-11-8-16-27(19-23)39-25-13-6-5-7-14-25/h5-9,11-16,19-20,22,29,35H,10,17-18,21H2,1-4H3/b30-28-. The number of hydrogen-bond acceptors (Lipinski definition) is 6. The predicted octanol–water partition coefficient (Wildman–Crippen LogP) is 5.89. The number of hydrogen-bond donors (Lipinski definition) is 1. The van der Waals surface area contributed by atoms with Gasteiger partial charge in [0.05, 0.1) is 18.2 Å². The van der Waals surface area contributed by atoms with Crippen LogP contribution in [0.5, 0.6) is 17.2 Å². The van der Waals surface area contributed by atoms with E-state index in [-0.39, 0.29) is 11.3 Å². The fraction of sp³-hybridized carbons (Fsp3) is 0.312. The van der Waals surface area contributed by atoms with Gasteiger partial charge in [-0.3, -0.25) is 9.59 Å². The van der Waals surface area contributed by atoms with Gasteiger partial charge in [0.1, 0.15) is 23.0 Å². The molecule has 39 heavy (non-hydrogen) atoms. The van der Waals surface area contributed by atoms with Crippen LogP contribution in [-0.4, -0.2) is 60.4 Å². The number of ether oxygens (including phenoxy) is 2. The highest BCUT2D eigenvalue weighted by Gasteiger charge is 2.46. The van der Waals surface area contributed by atoms with E-state index in [1.165, 1.54) is 0 Å². The number of carbonyl (C=O) groups excluding carboxylic acids is 2. The Morgan fingerprint density at radius 2 is 1.62 bits per heavy atom. The molecule has 1 N–H and O–H groups in total. The number of amides is 1. The minimum atomic E-state index is -0.758. The molecule has 4 rings (SSSR count). The Hall–Kier alpha value is -4.10. The summed E-state index contributed by atoms with van der Waals surface area (Å²) in [6.07, 6.45) is 0.676. The molecule has 7 heteroatoms. The molecule has 0 spiro atoms. The lowest BCUT2D eigenvalue weighted by Gasteiger charge is -2.26. The highest BCUT2D eigenvalue weighted by atomic mass is 16.5. The summed E-state index contributed by atoms with van der Waals surface area (Å²) in [4.78, 5) is 30.3. The van der Waals surface area contributed by atoms with Crippen molar-refractivity contribution in [2.75, 3.05) is 33.8 Å². The fourth-order valence-electron chi connectivity index (χ4n) is 4.54. The van der Waals surface area contributed by atoms with Gasteiger partial charge < -0.3 is 24.4 Å². The zero-order valence-corrected chi connectivity index (χ0v) is 23.0. The topological polar surface area (TPSA) is 79.3 Å². The number of rotatable bonds is 11. The Bertz CT molecular complexity index is 1330. The lowest BCUT2D eigenvalue weighted by atomic mass is 9.95. The molecule has 1 aliphatic heterocycles. The van der Waals surface area contributed by atoms with E-state index in [2.05, 4.69) is 13.8 Å². The largest absolute Gasteiger partial charge is 0.507 e. The summed E-state index contributed by atoms with van der Waals surface area (Å²) in [6, 6.07) is 22.9. The maximum atomic E-state index is 13.4. The molecule has 204 valence electrons. The van der Waals surface area contributed by atoms with Crippen LogP contribution in [0.2, 0.25) is 0 Å². The fourth-order valence-corrected chi connectivity index (χ4v) is 4.54. The minimum Gasteiger partial charge on any atom is -0.507 e. The molecule has 1 atom stereocenters. The highest BCUT2D eigenvalue weighted by Crippen LogP contribution is 2.41. The smallest absolute Gasteiger partial charge is 0.295 e. The van der Waals surface area contributed by atoms with Crippen LogP contribution in [0.15, 0.2) is 84.4 Å². The number of ketones is 1. The van der Waals surface area contributed by atoms with Gasteiger partial charge in [-0.2, -0.15) is 0 Å². The predicted molar refractivity (Wildman–Crippen MR) is 152 cm³/mol. The van der Waals surface area contributed by atoms with Gasteiger partial charge in [0.2, 0.25) is 0 Å². The first-order valence-corrected chi connectivity index (χ1v) is 13.2. The molecule has 3 aromatic carbocycles. The molecule has 0 radical (unpaired) electrons. The molecule has 0 aliphatic carbocycles. The first-order chi connectivity index (χ1) is 18.7. The van der Waals surface area contributed by atoms with Crippen molar-refractivity contribution < 1.29 is 24.2 Å². The number of benzene rings is 3. The Morgan fingerprint density at radius 3 is 2.33 bits per heavy atom.